The molecule has 0 rings (SSSR count). The second-order valence-electron chi connectivity index (χ2n) is 7.78. The molecule has 0 heterocycles. The van der Waals surface area contributed by atoms with Gasteiger partial charge in [0, 0.05) is 0 Å². The summed E-state index contributed by atoms with van der Waals surface area (Å²) in [6.45, 7) is 6.90. The van der Waals surface area contributed by atoms with Gasteiger partial charge in [0.2, 0.25) is 0 Å². The zero-order chi connectivity index (χ0) is 18.4. The minimum atomic E-state index is -0.771. The maximum atomic E-state index is 2.64. The smallest absolute Gasteiger partial charge is 0.0844 e. The lowest BCUT2D eigenvalue weighted by molar-refractivity contribution is 0.623. The third-order valence-electron chi connectivity index (χ3n) is 5.11. The van der Waals surface area contributed by atoms with E-state index in [0.717, 1.165) is 0 Å². The van der Waals surface area contributed by atoms with Crippen molar-refractivity contribution in [3.63, 3.8) is 0 Å². The lowest BCUT2D eigenvalue weighted by Crippen LogP contribution is -2.05. The molecule has 1 heteroatoms. The Kier molecular flexibility index (Phi) is 21.5. The van der Waals surface area contributed by atoms with Crippen LogP contribution in [0.3, 0.4) is 0 Å². The molecular formula is C24H48Si. The van der Waals surface area contributed by atoms with Crippen molar-refractivity contribution in [2.75, 3.05) is 0 Å². The van der Waals surface area contributed by atoms with E-state index in [1.165, 1.54) is 109 Å². The van der Waals surface area contributed by atoms with E-state index < -0.39 is 8.80 Å². The van der Waals surface area contributed by atoms with Crippen LogP contribution in [0.4, 0.5) is 0 Å². The highest BCUT2D eigenvalue weighted by Crippen LogP contribution is 2.12. The van der Waals surface area contributed by atoms with Gasteiger partial charge in [-0.25, -0.2) is 0 Å². The molecule has 0 radical (unpaired) electrons. The highest BCUT2D eigenvalue weighted by molar-refractivity contribution is 6.69. The first kappa shape index (κ1) is 24.7. The molecule has 0 unspecified atom stereocenters. The van der Waals surface area contributed by atoms with Crippen LogP contribution in [0.25, 0.3) is 0 Å². The van der Waals surface area contributed by atoms with E-state index in [0.29, 0.717) is 0 Å². The van der Waals surface area contributed by atoms with Crippen molar-refractivity contribution in [3.8, 4) is 0 Å². The van der Waals surface area contributed by atoms with Crippen molar-refractivity contribution >= 4 is 8.80 Å². The molecule has 0 aromatic rings. The maximum absolute atomic E-state index is 2.64. The molecule has 0 aliphatic heterocycles. The summed E-state index contributed by atoms with van der Waals surface area (Å²) >= 11 is 0. The van der Waals surface area contributed by atoms with Crippen LogP contribution in [0.2, 0.25) is 6.04 Å². The fourth-order valence-corrected chi connectivity index (χ4v) is 5.69. The van der Waals surface area contributed by atoms with Gasteiger partial charge in [-0.2, -0.15) is 0 Å². The van der Waals surface area contributed by atoms with Gasteiger partial charge in [-0.05, 0) is 25.7 Å². The topological polar surface area (TPSA) is 0 Å². The van der Waals surface area contributed by atoms with E-state index >= 15 is 0 Å². The molecule has 25 heavy (non-hydrogen) atoms. The monoisotopic (exact) mass is 364 g/mol. The van der Waals surface area contributed by atoms with Crippen molar-refractivity contribution in [2.45, 2.75) is 130 Å². The van der Waals surface area contributed by atoms with Gasteiger partial charge in [-0.3, -0.25) is 0 Å². The molecule has 0 atom stereocenters. The quantitative estimate of drug-likeness (QED) is 0.159. The van der Waals surface area contributed by atoms with E-state index in [1.807, 2.05) is 0 Å². The molecule has 148 valence electrons. The van der Waals surface area contributed by atoms with Crippen molar-refractivity contribution < 1.29 is 0 Å². The number of unbranched alkanes of at least 4 members (excludes halogenated alkanes) is 13. The fourth-order valence-electron chi connectivity index (χ4n) is 3.34. The molecule has 0 amide bonds. The molecule has 0 saturated heterocycles. The van der Waals surface area contributed by atoms with Crippen LogP contribution in [-0.2, 0) is 0 Å². The lowest BCUT2D eigenvalue weighted by atomic mass is 10.1. The van der Waals surface area contributed by atoms with Crippen LogP contribution in [-0.4, -0.2) is 8.80 Å². The zero-order valence-electron chi connectivity index (χ0n) is 17.9. The van der Waals surface area contributed by atoms with E-state index in [2.05, 4.69) is 44.3 Å². The molecule has 0 fully saturated rings. The average Bonchev–Trinajstić information content (AvgIpc) is 2.63. The summed E-state index contributed by atoms with van der Waals surface area (Å²) in [5.74, 6) is 0. The predicted octanol–water partition coefficient (Wildman–Crippen LogP) is 8.71. The molecule has 0 nitrogen and oxygen atoms in total. The van der Waals surface area contributed by atoms with Gasteiger partial charge in [0.15, 0.2) is 0 Å². The third-order valence-corrected chi connectivity index (χ3v) is 7.71. The largest absolute Gasteiger partial charge is 0.0974 e. The predicted molar refractivity (Wildman–Crippen MR) is 121 cm³/mol. The first-order valence-electron chi connectivity index (χ1n) is 11.7. The molecule has 0 aromatic carbocycles. The van der Waals surface area contributed by atoms with Crippen molar-refractivity contribution in [3.05, 3.63) is 23.6 Å². The van der Waals surface area contributed by atoms with Crippen LogP contribution in [0, 0.1) is 0 Å². The first-order valence-corrected chi connectivity index (χ1v) is 13.8. The Morgan fingerprint density at radius 2 is 0.880 bits per heavy atom. The van der Waals surface area contributed by atoms with Crippen molar-refractivity contribution in [2.24, 2.45) is 0 Å². The summed E-state index contributed by atoms with van der Waals surface area (Å²) in [4.78, 5) is 0. The van der Waals surface area contributed by atoms with Gasteiger partial charge in [0.1, 0.15) is 0 Å². The lowest BCUT2D eigenvalue weighted by Gasteiger charge is -2.07. The fraction of sp³-hybridized carbons (Fsp3) is 0.833. The van der Waals surface area contributed by atoms with Gasteiger partial charge >= 0.3 is 0 Å². The molecule has 0 aromatic heterocycles. The van der Waals surface area contributed by atoms with Gasteiger partial charge < -0.3 is 0 Å². The Bertz CT molecular complexity index is 270. The normalized spacial score (nSPS) is 12.2. The Morgan fingerprint density at radius 3 is 1.36 bits per heavy atom. The molecule has 0 saturated carbocycles. The Morgan fingerprint density at radius 1 is 0.480 bits per heavy atom. The Hall–Kier alpha value is -0.303. The Labute approximate surface area is 162 Å². The zero-order valence-corrected chi connectivity index (χ0v) is 19.1. The summed E-state index contributed by atoms with van der Waals surface area (Å²) in [7, 11) is -0.771. The molecular weight excluding hydrogens is 316 g/mol. The number of allylic oxidation sites excluding steroid dienone is 2. The minimum Gasteiger partial charge on any atom is -0.0974 e. The summed E-state index contributed by atoms with van der Waals surface area (Å²) < 4.78 is 0. The van der Waals surface area contributed by atoms with Gasteiger partial charge in [0.05, 0.1) is 8.80 Å². The van der Waals surface area contributed by atoms with E-state index in [9.17, 15) is 0 Å². The van der Waals surface area contributed by atoms with Crippen LogP contribution >= 0.6 is 0 Å². The van der Waals surface area contributed by atoms with Crippen molar-refractivity contribution in [1.29, 1.82) is 0 Å². The van der Waals surface area contributed by atoms with E-state index in [4.69, 9.17) is 0 Å². The number of hydrogen-bond acceptors (Lipinski definition) is 0. The molecule has 0 aliphatic carbocycles. The minimum absolute atomic E-state index is 0.771. The van der Waals surface area contributed by atoms with Gasteiger partial charge in [-0.1, -0.05) is 127 Å². The third kappa shape index (κ3) is 19.9. The van der Waals surface area contributed by atoms with Crippen LogP contribution in [0.15, 0.2) is 23.6 Å². The molecule has 0 bridgehead atoms. The van der Waals surface area contributed by atoms with Crippen LogP contribution in [0.1, 0.15) is 124 Å². The Balaban J connectivity index is 4.02. The standard InChI is InChI=1S/C24H48Si/c1-4-7-10-13-16-19-22-25(23-20-17-14-11-8-5-2)24-21-18-15-12-9-6-3/h19-20,22-23,25H,4-18,21,24H2,1-3H3/b22-19+,23-20+. The second-order valence-corrected chi connectivity index (χ2v) is 10.5. The molecule has 0 N–H and O–H groups in total. The van der Waals surface area contributed by atoms with Crippen LogP contribution in [0.5, 0.6) is 0 Å². The summed E-state index contributed by atoms with van der Waals surface area (Å²) in [6, 6.07) is 1.49. The number of rotatable bonds is 19. The highest BCUT2D eigenvalue weighted by atomic mass is 28.3. The number of hydrogen-bond donors (Lipinski definition) is 0. The SMILES string of the molecule is CCCCCC/C=C/[SiH](/C=C/CCCCCC)CCCCCCCC. The van der Waals surface area contributed by atoms with Gasteiger partial charge in [0.25, 0.3) is 0 Å². The van der Waals surface area contributed by atoms with Gasteiger partial charge in [-0.15, -0.1) is 0 Å². The summed E-state index contributed by atoms with van der Waals surface area (Å²) in [5.41, 5.74) is 5.28. The highest BCUT2D eigenvalue weighted by Gasteiger charge is 2.02. The average molecular weight is 365 g/mol. The first-order chi connectivity index (χ1) is 12.3. The van der Waals surface area contributed by atoms with Crippen LogP contribution < -0.4 is 0 Å². The second kappa shape index (κ2) is 21.7. The maximum Gasteiger partial charge on any atom is 0.0844 e. The molecule has 0 spiro atoms. The van der Waals surface area contributed by atoms with Crippen molar-refractivity contribution in [1.82, 2.24) is 0 Å². The summed E-state index contributed by atoms with van der Waals surface area (Å²) in [6.07, 6.45) is 27.4. The molecule has 0 aliphatic rings. The van der Waals surface area contributed by atoms with E-state index in [1.54, 1.807) is 0 Å². The van der Waals surface area contributed by atoms with E-state index in [-0.39, 0.29) is 0 Å². The summed E-state index contributed by atoms with van der Waals surface area (Å²) in [5, 5.41) is 0.